The maximum atomic E-state index is 10.4. The van der Waals surface area contributed by atoms with E-state index >= 15 is 0 Å². The Morgan fingerprint density at radius 3 is 2.55 bits per heavy atom. The Morgan fingerprint density at radius 1 is 1.73 bits per heavy atom. The Labute approximate surface area is 66.5 Å². The number of hydrogen-bond acceptors (Lipinski definition) is 2. The molecule has 11 heavy (non-hydrogen) atoms. The predicted octanol–water partition coefficient (Wildman–Crippen LogP) is 1.59. The molecule has 0 rings (SSSR count). The molecule has 0 fully saturated rings. The molecule has 4 nitrogen and oxygen atoms in total. The molecule has 0 unspecified atom stereocenters. The topological polar surface area (TPSA) is 52.9 Å². The maximum absolute atomic E-state index is 10.4. The molecule has 0 aliphatic rings. The van der Waals surface area contributed by atoms with E-state index in [9.17, 15) is 4.79 Å². The molecule has 4 heteroatoms. The first-order valence-electron chi connectivity index (χ1n) is 3.45. The fraction of sp³-hybridized carbons (Fsp3) is 0.571. The lowest BCUT2D eigenvalue weighted by molar-refractivity contribution is 0.152. The predicted molar refractivity (Wildman–Crippen MR) is 43.5 cm³/mol. The van der Waals surface area contributed by atoms with E-state index in [2.05, 4.69) is 12.0 Å². The van der Waals surface area contributed by atoms with Gasteiger partial charge in [-0.3, -0.25) is 0 Å². The monoisotopic (exact) mass is 157 g/mol. The minimum absolute atomic E-state index is 0.146. The molecule has 0 aliphatic carbocycles. The van der Waals surface area contributed by atoms with Gasteiger partial charge in [-0.1, -0.05) is 6.92 Å². The van der Waals surface area contributed by atoms with Crippen molar-refractivity contribution in [2.75, 3.05) is 6.54 Å². The van der Waals surface area contributed by atoms with Crippen LogP contribution in [0.2, 0.25) is 0 Å². The van der Waals surface area contributed by atoms with E-state index in [4.69, 9.17) is 5.11 Å². The van der Waals surface area contributed by atoms with Crippen molar-refractivity contribution in [3.8, 4) is 0 Å². The lowest BCUT2D eigenvalue weighted by Crippen LogP contribution is -2.24. The van der Waals surface area contributed by atoms with Crippen LogP contribution >= 0.6 is 0 Å². The van der Waals surface area contributed by atoms with Crippen molar-refractivity contribution in [1.29, 1.82) is 0 Å². The number of hydrazone groups is 1. The van der Waals surface area contributed by atoms with Gasteiger partial charge in [0.15, 0.2) is 0 Å². The number of carbonyl (C=O) groups is 1. The van der Waals surface area contributed by atoms with E-state index in [1.807, 2.05) is 6.92 Å². The van der Waals surface area contributed by atoms with Crippen LogP contribution in [0.1, 0.15) is 20.3 Å². The summed E-state index contributed by atoms with van der Waals surface area (Å²) in [7, 11) is 0. The minimum Gasteiger partial charge on any atom is -0.464 e. The van der Waals surface area contributed by atoms with Crippen LogP contribution in [0.4, 0.5) is 4.79 Å². The molecule has 0 aromatic carbocycles. The second-order valence-electron chi connectivity index (χ2n) is 2.09. The first kappa shape index (κ1) is 9.94. The highest BCUT2D eigenvalue weighted by atomic mass is 16.4. The van der Waals surface area contributed by atoms with E-state index in [1.54, 1.807) is 6.92 Å². The zero-order valence-corrected chi connectivity index (χ0v) is 6.87. The largest absolute Gasteiger partial charge is 0.464 e. The normalized spacial score (nSPS) is 11.4. The molecule has 0 saturated carbocycles. The fourth-order valence-corrected chi connectivity index (χ4v) is 0.465. The molecule has 0 saturated heterocycles. The van der Waals surface area contributed by atoms with Gasteiger partial charge in [-0.15, -0.1) is 0 Å². The van der Waals surface area contributed by atoms with Gasteiger partial charge in [0.25, 0.3) is 0 Å². The Hall–Kier alpha value is -1.06. The number of nitrogens with zero attached hydrogens (tertiary/aromatic N) is 2. The summed E-state index contributed by atoms with van der Waals surface area (Å²) < 4.78 is 0. The molecular formula is C7H13N2O2. The molecule has 0 aromatic heterocycles. The minimum atomic E-state index is -1.06. The van der Waals surface area contributed by atoms with Crippen molar-refractivity contribution >= 4 is 11.8 Å². The van der Waals surface area contributed by atoms with Crippen LogP contribution < -0.4 is 0 Å². The van der Waals surface area contributed by atoms with E-state index in [0.717, 1.165) is 17.1 Å². The third-order valence-electron chi connectivity index (χ3n) is 1.24. The molecule has 0 bridgehead atoms. The number of carboxylic acid groups (broad SMARTS) is 1. The Balaban J connectivity index is 4.17. The molecule has 0 aromatic rings. The van der Waals surface area contributed by atoms with Crippen LogP contribution in [0.15, 0.2) is 5.10 Å². The Bertz CT molecular complexity index is 166. The first-order valence-corrected chi connectivity index (χ1v) is 3.45. The number of rotatable bonds is 3. The molecular weight excluding hydrogens is 144 g/mol. The molecule has 1 radical (unpaired) electrons. The van der Waals surface area contributed by atoms with Crippen LogP contribution in [-0.4, -0.2) is 28.5 Å². The van der Waals surface area contributed by atoms with E-state index < -0.39 is 6.09 Å². The molecule has 0 spiro atoms. The Morgan fingerprint density at radius 2 is 2.27 bits per heavy atom. The van der Waals surface area contributed by atoms with Crippen molar-refractivity contribution in [1.82, 2.24) is 5.01 Å². The third kappa shape index (κ3) is 3.60. The number of hydrogen-bond donors (Lipinski definition) is 1. The van der Waals surface area contributed by atoms with Gasteiger partial charge >= 0.3 is 6.09 Å². The molecule has 0 aliphatic heterocycles. The summed E-state index contributed by atoms with van der Waals surface area (Å²) in [6.07, 6.45) is -0.308. The van der Waals surface area contributed by atoms with Gasteiger partial charge in [0.2, 0.25) is 0 Å². The smallest absolute Gasteiger partial charge is 0.427 e. The lowest BCUT2D eigenvalue weighted by Gasteiger charge is -2.10. The SMILES string of the molecule is [CH2]CN(/N=C(/C)CC)C(=O)O. The maximum Gasteiger partial charge on any atom is 0.427 e. The van der Waals surface area contributed by atoms with Gasteiger partial charge in [0, 0.05) is 12.3 Å². The second-order valence-corrected chi connectivity index (χ2v) is 2.09. The quantitative estimate of drug-likeness (QED) is 0.499. The van der Waals surface area contributed by atoms with Crippen LogP contribution in [0.3, 0.4) is 0 Å². The van der Waals surface area contributed by atoms with Crippen molar-refractivity contribution < 1.29 is 9.90 Å². The standard InChI is InChI=1S/C7H13N2O2/c1-4-6(3)8-9(5-2)7(10)11/h2,4-5H2,1,3H3,(H,10,11)/b8-6-. The van der Waals surface area contributed by atoms with Crippen molar-refractivity contribution in [2.24, 2.45) is 5.10 Å². The summed E-state index contributed by atoms with van der Waals surface area (Å²) in [6.45, 7) is 7.28. The second kappa shape index (κ2) is 4.71. The van der Waals surface area contributed by atoms with Crippen molar-refractivity contribution in [3.05, 3.63) is 6.92 Å². The number of amides is 1. The molecule has 63 valence electrons. The molecule has 1 amide bonds. The van der Waals surface area contributed by atoms with Gasteiger partial charge in [-0.05, 0) is 20.3 Å². The Kier molecular flexibility index (Phi) is 4.26. The van der Waals surface area contributed by atoms with E-state index in [-0.39, 0.29) is 6.54 Å². The van der Waals surface area contributed by atoms with Crippen LogP contribution in [-0.2, 0) is 0 Å². The first-order chi connectivity index (χ1) is 5.11. The highest BCUT2D eigenvalue weighted by molar-refractivity contribution is 5.82. The average Bonchev–Trinajstić information content (AvgIpc) is 1.99. The van der Waals surface area contributed by atoms with E-state index in [1.165, 1.54) is 0 Å². The summed E-state index contributed by atoms with van der Waals surface area (Å²) in [5.41, 5.74) is 0.788. The van der Waals surface area contributed by atoms with Crippen molar-refractivity contribution in [3.63, 3.8) is 0 Å². The van der Waals surface area contributed by atoms with Crippen LogP contribution in [0.25, 0.3) is 0 Å². The van der Waals surface area contributed by atoms with Crippen LogP contribution in [0, 0.1) is 6.92 Å². The fourth-order valence-electron chi connectivity index (χ4n) is 0.465. The summed E-state index contributed by atoms with van der Waals surface area (Å²) in [5.74, 6) is 0. The van der Waals surface area contributed by atoms with Gasteiger partial charge in [0.1, 0.15) is 0 Å². The zero-order chi connectivity index (χ0) is 8.85. The van der Waals surface area contributed by atoms with Gasteiger partial charge in [0.05, 0.1) is 0 Å². The van der Waals surface area contributed by atoms with Gasteiger partial charge in [-0.2, -0.15) is 10.1 Å². The third-order valence-corrected chi connectivity index (χ3v) is 1.24. The van der Waals surface area contributed by atoms with Crippen LogP contribution in [0.5, 0.6) is 0 Å². The van der Waals surface area contributed by atoms with Gasteiger partial charge in [-0.25, -0.2) is 4.79 Å². The van der Waals surface area contributed by atoms with E-state index in [0.29, 0.717) is 0 Å². The summed E-state index contributed by atoms with van der Waals surface area (Å²) in [4.78, 5) is 10.4. The highest BCUT2D eigenvalue weighted by Crippen LogP contribution is 1.93. The van der Waals surface area contributed by atoms with Crippen molar-refractivity contribution in [2.45, 2.75) is 20.3 Å². The molecule has 0 atom stereocenters. The average molecular weight is 157 g/mol. The lowest BCUT2D eigenvalue weighted by atomic mass is 10.3. The summed E-state index contributed by atoms with van der Waals surface area (Å²) in [5, 5.41) is 13.2. The zero-order valence-electron chi connectivity index (χ0n) is 6.87. The molecule has 1 N–H and O–H groups in total. The summed E-state index contributed by atoms with van der Waals surface area (Å²) >= 11 is 0. The summed E-state index contributed by atoms with van der Waals surface area (Å²) in [6, 6.07) is 0. The highest BCUT2D eigenvalue weighted by Gasteiger charge is 2.06. The molecule has 0 heterocycles. The van der Waals surface area contributed by atoms with Gasteiger partial charge < -0.3 is 5.11 Å².